The van der Waals surface area contributed by atoms with Crippen LogP contribution in [0.1, 0.15) is 22.4 Å². The van der Waals surface area contributed by atoms with E-state index in [1.54, 1.807) is 11.3 Å². The number of rotatable bonds is 4. The first-order chi connectivity index (χ1) is 10.6. The number of hydrogen-bond acceptors (Lipinski definition) is 5. The lowest BCUT2D eigenvalue weighted by atomic mass is 10.0. The summed E-state index contributed by atoms with van der Waals surface area (Å²) in [5, 5.41) is 12.2. The molecule has 2 aromatic rings. The van der Waals surface area contributed by atoms with Gasteiger partial charge in [0, 0.05) is 50.2 Å². The largest absolute Gasteiger partial charge is 0.508 e. The van der Waals surface area contributed by atoms with Gasteiger partial charge in [-0.25, -0.2) is 4.98 Å². The van der Waals surface area contributed by atoms with Crippen molar-refractivity contribution in [3.63, 3.8) is 0 Å². The molecule has 3 rings (SSSR count). The second-order valence-electron chi connectivity index (χ2n) is 6.10. The van der Waals surface area contributed by atoms with Gasteiger partial charge in [0.05, 0.1) is 11.2 Å². The summed E-state index contributed by atoms with van der Waals surface area (Å²) in [5.41, 5.74) is 6.50. The Kier molecular flexibility index (Phi) is 4.76. The molecule has 0 saturated carbocycles. The van der Waals surface area contributed by atoms with Crippen molar-refractivity contribution in [3.8, 4) is 5.75 Å². The topological polar surface area (TPSA) is 39.6 Å². The van der Waals surface area contributed by atoms with Gasteiger partial charge in [-0.15, -0.1) is 11.3 Å². The lowest BCUT2D eigenvalue weighted by Gasteiger charge is -2.34. The maximum absolute atomic E-state index is 10.1. The Balaban J connectivity index is 1.55. The number of aromatic nitrogens is 1. The third-order valence-electron chi connectivity index (χ3n) is 4.42. The molecule has 1 aromatic carbocycles. The van der Waals surface area contributed by atoms with Crippen molar-refractivity contribution in [3.05, 3.63) is 45.4 Å². The fourth-order valence-corrected chi connectivity index (χ4v) is 3.43. The molecule has 2 heterocycles. The van der Waals surface area contributed by atoms with E-state index >= 15 is 0 Å². The van der Waals surface area contributed by atoms with Crippen molar-refractivity contribution in [2.45, 2.75) is 26.9 Å². The molecular weight excluding hydrogens is 294 g/mol. The third kappa shape index (κ3) is 3.66. The van der Waals surface area contributed by atoms with Gasteiger partial charge in [0.15, 0.2) is 0 Å². The van der Waals surface area contributed by atoms with Crippen molar-refractivity contribution < 1.29 is 5.11 Å². The molecule has 1 aliphatic rings. The molecule has 0 aliphatic carbocycles. The lowest BCUT2D eigenvalue weighted by molar-refractivity contribution is 0.120. The predicted octanol–water partition coefficient (Wildman–Crippen LogP) is 2.78. The zero-order valence-electron chi connectivity index (χ0n) is 13.2. The van der Waals surface area contributed by atoms with E-state index in [9.17, 15) is 5.11 Å². The minimum Gasteiger partial charge on any atom is -0.508 e. The Labute approximate surface area is 136 Å². The zero-order chi connectivity index (χ0) is 15.5. The van der Waals surface area contributed by atoms with Gasteiger partial charge < -0.3 is 5.11 Å². The van der Waals surface area contributed by atoms with Gasteiger partial charge in [0.2, 0.25) is 0 Å². The van der Waals surface area contributed by atoms with E-state index in [1.807, 2.05) is 18.5 Å². The Morgan fingerprint density at radius 3 is 2.32 bits per heavy atom. The van der Waals surface area contributed by atoms with E-state index in [0.717, 1.165) is 50.4 Å². The van der Waals surface area contributed by atoms with Crippen LogP contribution in [0.25, 0.3) is 0 Å². The van der Waals surface area contributed by atoms with E-state index in [-0.39, 0.29) is 0 Å². The molecule has 4 nitrogen and oxygen atoms in total. The van der Waals surface area contributed by atoms with Crippen LogP contribution in [0.4, 0.5) is 0 Å². The zero-order valence-corrected chi connectivity index (χ0v) is 14.1. The van der Waals surface area contributed by atoms with Crippen LogP contribution in [-0.2, 0) is 13.1 Å². The summed E-state index contributed by atoms with van der Waals surface area (Å²) in [5.74, 6) is 0.424. The number of phenols is 1. The Hall–Kier alpha value is -1.43. The van der Waals surface area contributed by atoms with Crippen LogP contribution in [-0.4, -0.2) is 46.1 Å². The maximum Gasteiger partial charge on any atom is 0.120 e. The van der Waals surface area contributed by atoms with Crippen LogP contribution >= 0.6 is 11.3 Å². The molecular formula is C17H23N3OS. The van der Waals surface area contributed by atoms with Gasteiger partial charge in [0.25, 0.3) is 0 Å². The molecule has 0 bridgehead atoms. The van der Waals surface area contributed by atoms with Crippen LogP contribution in [0.3, 0.4) is 0 Å². The summed E-state index contributed by atoms with van der Waals surface area (Å²) in [6, 6.07) is 4.00. The molecule has 0 atom stereocenters. The van der Waals surface area contributed by atoms with Crippen LogP contribution in [0, 0.1) is 13.8 Å². The number of piperazine rings is 1. The first-order valence-corrected chi connectivity index (χ1v) is 8.67. The molecule has 22 heavy (non-hydrogen) atoms. The number of aromatic hydroxyl groups is 1. The van der Waals surface area contributed by atoms with E-state index in [4.69, 9.17) is 0 Å². The molecule has 1 fully saturated rings. The minimum atomic E-state index is 0.424. The Morgan fingerprint density at radius 2 is 1.68 bits per heavy atom. The van der Waals surface area contributed by atoms with Gasteiger partial charge in [0.1, 0.15) is 5.75 Å². The lowest BCUT2D eigenvalue weighted by Crippen LogP contribution is -2.45. The summed E-state index contributed by atoms with van der Waals surface area (Å²) in [4.78, 5) is 9.23. The van der Waals surface area contributed by atoms with E-state index in [0.29, 0.717) is 5.75 Å². The van der Waals surface area contributed by atoms with Crippen LogP contribution in [0.15, 0.2) is 23.0 Å². The van der Waals surface area contributed by atoms with Gasteiger partial charge in [-0.05, 0) is 31.0 Å². The fraction of sp³-hybridized carbons (Fsp3) is 0.471. The normalized spacial score (nSPS) is 17.0. The minimum absolute atomic E-state index is 0.424. The van der Waals surface area contributed by atoms with E-state index < -0.39 is 0 Å². The quantitative estimate of drug-likeness (QED) is 0.941. The Bertz CT molecular complexity index is 619. The summed E-state index contributed by atoms with van der Waals surface area (Å²) < 4.78 is 0. The summed E-state index contributed by atoms with van der Waals surface area (Å²) >= 11 is 1.66. The first-order valence-electron chi connectivity index (χ1n) is 7.72. The highest BCUT2D eigenvalue weighted by Crippen LogP contribution is 2.23. The Morgan fingerprint density at radius 1 is 1.05 bits per heavy atom. The van der Waals surface area contributed by atoms with Gasteiger partial charge in [-0.3, -0.25) is 9.80 Å². The molecule has 1 saturated heterocycles. The number of hydrogen-bond donors (Lipinski definition) is 1. The van der Waals surface area contributed by atoms with E-state index in [1.165, 1.54) is 11.3 Å². The fourth-order valence-electron chi connectivity index (χ4n) is 2.88. The van der Waals surface area contributed by atoms with Gasteiger partial charge >= 0.3 is 0 Å². The van der Waals surface area contributed by atoms with Crippen molar-refractivity contribution in [2.75, 3.05) is 26.2 Å². The highest BCUT2D eigenvalue weighted by molar-refractivity contribution is 7.07. The number of thiazole rings is 1. The summed E-state index contributed by atoms with van der Waals surface area (Å²) in [6.07, 6.45) is 0. The molecule has 1 aromatic heterocycles. The number of aryl methyl sites for hydroxylation is 2. The third-order valence-corrected chi connectivity index (χ3v) is 5.06. The second-order valence-corrected chi connectivity index (χ2v) is 6.82. The van der Waals surface area contributed by atoms with Crippen molar-refractivity contribution in [2.24, 2.45) is 0 Å². The van der Waals surface area contributed by atoms with Crippen molar-refractivity contribution in [1.29, 1.82) is 0 Å². The smallest absolute Gasteiger partial charge is 0.120 e. The van der Waals surface area contributed by atoms with E-state index in [2.05, 4.69) is 33.2 Å². The van der Waals surface area contributed by atoms with Crippen LogP contribution in [0.2, 0.25) is 0 Å². The molecule has 0 radical (unpaired) electrons. The van der Waals surface area contributed by atoms with Crippen LogP contribution in [0.5, 0.6) is 5.75 Å². The number of nitrogens with zero attached hydrogens (tertiary/aromatic N) is 3. The average molecular weight is 317 g/mol. The molecule has 0 amide bonds. The van der Waals surface area contributed by atoms with Gasteiger partial charge in [-0.2, -0.15) is 0 Å². The molecule has 5 heteroatoms. The SMILES string of the molecule is Cc1cc(O)c(CN2CCN(Cc3cscn3)CC2)cc1C. The number of phenolic OH excluding ortho intramolecular Hbond substituents is 1. The maximum atomic E-state index is 10.1. The molecule has 0 unspecified atom stereocenters. The van der Waals surface area contributed by atoms with Crippen LogP contribution < -0.4 is 0 Å². The molecule has 118 valence electrons. The number of benzene rings is 1. The summed E-state index contributed by atoms with van der Waals surface area (Å²) in [7, 11) is 0. The second kappa shape index (κ2) is 6.77. The molecule has 1 N–H and O–H groups in total. The summed E-state index contributed by atoms with van der Waals surface area (Å²) in [6.45, 7) is 10.1. The van der Waals surface area contributed by atoms with Crippen molar-refractivity contribution >= 4 is 11.3 Å². The standard InChI is InChI=1S/C17H23N3OS/c1-13-7-15(17(21)8-14(13)2)9-19-3-5-20(6-4-19)10-16-11-22-12-18-16/h7-8,11-12,21H,3-6,9-10H2,1-2H3. The molecule has 1 aliphatic heterocycles. The monoisotopic (exact) mass is 317 g/mol. The predicted molar refractivity (Wildman–Crippen MR) is 90.2 cm³/mol. The highest BCUT2D eigenvalue weighted by Gasteiger charge is 2.18. The average Bonchev–Trinajstić information content (AvgIpc) is 3.00. The van der Waals surface area contributed by atoms with Crippen molar-refractivity contribution in [1.82, 2.24) is 14.8 Å². The molecule has 0 spiro atoms. The van der Waals surface area contributed by atoms with Gasteiger partial charge in [-0.1, -0.05) is 6.07 Å². The highest BCUT2D eigenvalue weighted by atomic mass is 32.1. The first kappa shape index (κ1) is 15.5.